The van der Waals surface area contributed by atoms with Crippen LogP contribution in [0, 0.1) is 11.7 Å². The highest BCUT2D eigenvalue weighted by atomic mass is 19.1. The van der Waals surface area contributed by atoms with Crippen molar-refractivity contribution >= 4 is 0 Å². The lowest BCUT2D eigenvalue weighted by molar-refractivity contribution is 0.0489. The van der Waals surface area contributed by atoms with Gasteiger partial charge in [-0.2, -0.15) is 0 Å². The third-order valence-corrected chi connectivity index (χ3v) is 5.60. The largest absolute Gasteiger partial charge is 0.387 e. The Kier molecular flexibility index (Phi) is 7.33. The fourth-order valence-corrected chi connectivity index (χ4v) is 3.99. The number of nitrogens with one attached hydrogen (secondary N) is 1. The quantitative estimate of drug-likeness (QED) is 0.743. The third-order valence-electron chi connectivity index (χ3n) is 5.60. The fraction of sp³-hybridized carbons (Fsp3) is 0.500. The molecule has 1 aromatic carbocycles. The van der Waals surface area contributed by atoms with Crippen molar-refractivity contribution < 1.29 is 14.2 Å². The zero-order valence-electron chi connectivity index (χ0n) is 15.9. The molecule has 1 saturated carbocycles. The molecule has 1 heterocycles. The van der Waals surface area contributed by atoms with Gasteiger partial charge in [0.25, 0.3) is 0 Å². The van der Waals surface area contributed by atoms with Gasteiger partial charge in [-0.1, -0.05) is 30.3 Å². The van der Waals surface area contributed by atoms with Crippen LogP contribution in [-0.4, -0.2) is 35.9 Å². The van der Waals surface area contributed by atoms with Gasteiger partial charge < -0.3 is 15.2 Å². The minimum absolute atomic E-state index is 0.265. The van der Waals surface area contributed by atoms with Crippen molar-refractivity contribution in [3.05, 3.63) is 65.7 Å². The minimum Gasteiger partial charge on any atom is -0.387 e. The second kappa shape index (κ2) is 9.93. The lowest BCUT2D eigenvalue weighted by Gasteiger charge is -2.34. The highest BCUT2D eigenvalue weighted by Crippen LogP contribution is 2.30. The highest BCUT2D eigenvalue weighted by Gasteiger charge is 2.28. The molecule has 4 nitrogen and oxygen atoms in total. The Morgan fingerprint density at radius 3 is 2.59 bits per heavy atom. The molecule has 146 valence electrons. The maximum Gasteiger partial charge on any atom is 0.141 e. The standard InChI is InChI=1S/C22H29FN2O2/c1-27-20-9-7-17(8-10-20)21(11-16-5-3-2-4-6-16)25-15-22(26)18-12-19(23)14-24-13-18/h2-6,12-14,17,20-22,25-26H,7-11,15H2,1H3/t17?,20?,21-,22+/m1/s1. The zero-order valence-corrected chi connectivity index (χ0v) is 15.9. The molecule has 0 radical (unpaired) electrons. The molecule has 1 aliphatic rings. The van der Waals surface area contributed by atoms with Crippen LogP contribution in [0.2, 0.25) is 0 Å². The second-order valence-corrected chi connectivity index (χ2v) is 7.43. The van der Waals surface area contributed by atoms with Crippen molar-refractivity contribution in [3.8, 4) is 0 Å². The van der Waals surface area contributed by atoms with Crippen LogP contribution in [0.1, 0.15) is 42.9 Å². The SMILES string of the molecule is COC1CCC([C@@H](Cc2ccccc2)NC[C@H](O)c2cncc(F)c2)CC1. The molecule has 1 aromatic heterocycles. The molecular weight excluding hydrogens is 343 g/mol. The molecule has 2 aromatic rings. The molecule has 0 saturated heterocycles. The molecule has 27 heavy (non-hydrogen) atoms. The summed E-state index contributed by atoms with van der Waals surface area (Å²) < 4.78 is 18.9. The summed E-state index contributed by atoms with van der Waals surface area (Å²) in [7, 11) is 1.79. The predicted octanol–water partition coefficient (Wildman–Crippen LogP) is 3.66. The maximum atomic E-state index is 13.4. The second-order valence-electron chi connectivity index (χ2n) is 7.43. The van der Waals surface area contributed by atoms with Crippen LogP contribution in [0.5, 0.6) is 0 Å². The number of methoxy groups -OCH3 is 1. The summed E-state index contributed by atoms with van der Waals surface area (Å²) >= 11 is 0. The summed E-state index contributed by atoms with van der Waals surface area (Å²) in [6.45, 7) is 0.382. The Bertz CT molecular complexity index is 690. The molecule has 3 rings (SSSR count). The van der Waals surface area contributed by atoms with Gasteiger partial charge in [-0.05, 0) is 49.7 Å². The van der Waals surface area contributed by atoms with Gasteiger partial charge >= 0.3 is 0 Å². The lowest BCUT2D eigenvalue weighted by atomic mass is 9.80. The van der Waals surface area contributed by atoms with Crippen LogP contribution in [0.15, 0.2) is 48.8 Å². The first-order valence-electron chi connectivity index (χ1n) is 9.74. The van der Waals surface area contributed by atoms with E-state index in [1.807, 2.05) is 6.07 Å². The molecule has 5 heteroatoms. The molecule has 0 bridgehead atoms. The number of hydrogen-bond donors (Lipinski definition) is 2. The van der Waals surface area contributed by atoms with E-state index in [0.717, 1.165) is 38.3 Å². The summed E-state index contributed by atoms with van der Waals surface area (Å²) in [5, 5.41) is 14.0. The van der Waals surface area contributed by atoms with Crippen molar-refractivity contribution in [3.63, 3.8) is 0 Å². The molecule has 1 aliphatic carbocycles. The number of aliphatic hydroxyl groups is 1. The fourth-order valence-electron chi connectivity index (χ4n) is 3.99. The van der Waals surface area contributed by atoms with Gasteiger partial charge in [-0.15, -0.1) is 0 Å². The van der Waals surface area contributed by atoms with Crippen LogP contribution in [0.3, 0.4) is 0 Å². The number of aromatic nitrogens is 1. The van der Waals surface area contributed by atoms with Gasteiger partial charge in [-0.25, -0.2) is 4.39 Å². The number of rotatable bonds is 8. The lowest BCUT2D eigenvalue weighted by Crippen LogP contribution is -2.42. The smallest absolute Gasteiger partial charge is 0.141 e. The Morgan fingerprint density at radius 2 is 1.93 bits per heavy atom. The normalized spacial score (nSPS) is 22.3. The van der Waals surface area contributed by atoms with E-state index in [1.165, 1.54) is 17.8 Å². The summed E-state index contributed by atoms with van der Waals surface area (Å²) in [5.41, 5.74) is 1.79. The molecule has 0 amide bonds. The molecule has 2 atom stereocenters. The number of pyridine rings is 1. The van der Waals surface area contributed by atoms with Crippen LogP contribution in [0.25, 0.3) is 0 Å². The third kappa shape index (κ3) is 5.83. The first kappa shape index (κ1) is 19.9. The number of aliphatic hydroxyl groups excluding tert-OH is 1. The number of benzene rings is 1. The molecule has 2 N–H and O–H groups in total. The maximum absolute atomic E-state index is 13.4. The summed E-state index contributed by atoms with van der Waals surface area (Å²) in [6, 6.07) is 12.0. The van der Waals surface area contributed by atoms with Crippen molar-refractivity contribution in [1.82, 2.24) is 10.3 Å². The van der Waals surface area contributed by atoms with Gasteiger partial charge in [0.05, 0.1) is 18.4 Å². The first-order valence-corrected chi connectivity index (χ1v) is 9.74. The van der Waals surface area contributed by atoms with Crippen molar-refractivity contribution in [2.75, 3.05) is 13.7 Å². The van der Waals surface area contributed by atoms with E-state index in [0.29, 0.717) is 24.1 Å². The number of halogens is 1. The van der Waals surface area contributed by atoms with Gasteiger partial charge in [-0.3, -0.25) is 4.98 Å². The molecule has 0 unspecified atom stereocenters. The zero-order chi connectivity index (χ0) is 19.1. The van der Waals surface area contributed by atoms with E-state index in [-0.39, 0.29) is 6.04 Å². The van der Waals surface area contributed by atoms with Crippen LogP contribution < -0.4 is 5.32 Å². The number of ether oxygens (including phenoxy) is 1. The van der Waals surface area contributed by atoms with E-state index in [2.05, 4.69) is 34.6 Å². The van der Waals surface area contributed by atoms with Gasteiger partial charge in [0.1, 0.15) is 5.82 Å². The molecular formula is C22H29FN2O2. The molecule has 0 spiro atoms. The monoisotopic (exact) mass is 372 g/mol. The summed E-state index contributed by atoms with van der Waals surface area (Å²) in [5.74, 6) is 0.111. The Balaban J connectivity index is 1.64. The van der Waals surface area contributed by atoms with Gasteiger partial charge in [0, 0.05) is 31.5 Å². The molecule has 1 fully saturated rings. The van der Waals surface area contributed by atoms with E-state index < -0.39 is 11.9 Å². The van der Waals surface area contributed by atoms with Crippen molar-refractivity contribution in [2.24, 2.45) is 5.92 Å². The first-order chi connectivity index (χ1) is 13.2. The Labute approximate surface area is 160 Å². The average Bonchev–Trinajstić information content (AvgIpc) is 2.71. The summed E-state index contributed by atoms with van der Waals surface area (Å²) in [6.07, 6.45) is 7.54. The van der Waals surface area contributed by atoms with Crippen LogP contribution in [0.4, 0.5) is 4.39 Å². The predicted molar refractivity (Wildman–Crippen MR) is 104 cm³/mol. The van der Waals surface area contributed by atoms with E-state index in [1.54, 1.807) is 7.11 Å². The minimum atomic E-state index is -0.776. The number of hydrogen-bond acceptors (Lipinski definition) is 4. The van der Waals surface area contributed by atoms with E-state index >= 15 is 0 Å². The highest BCUT2D eigenvalue weighted by molar-refractivity contribution is 5.17. The molecule has 0 aliphatic heterocycles. The topological polar surface area (TPSA) is 54.4 Å². The van der Waals surface area contributed by atoms with Gasteiger partial charge in [0.2, 0.25) is 0 Å². The Morgan fingerprint density at radius 1 is 1.19 bits per heavy atom. The van der Waals surface area contributed by atoms with Crippen LogP contribution in [-0.2, 0) is 11.2 Å². The number of nitrogens with zero attached hydrogens (tertiary/aromatic N) is 1. The van der Waals surface area contributed by atoms with Crippen molar-refractivity contribution in [2.45, 2.75) is 50.4 Å². The van der Waals surface area contributed by atoms with Crippen LogP contribution >= 0.6 is 0 Å². The average molecular weight is 372 g/mol. The van der Waals surface area contributed by atoms with Crippen molar-refractivity contribution in [1.29, 1.82) is 0 Å². The Hall–Kier alpha value is -1.82. The summed E-state index contributed by atoms with van der Waals surface area (Å²) in [4.78, 5) is 3.83. The van der Waals surface area contributed by atoms with E-state index in [9.17, 15) is 9.50 Å². The van der Waals surface area contributed by atoms with E-state index in [4.69, 9.17) is 4.74 Å². The van der Waals surface area contributed by atoms with Gasteiger partial charge in [0.15, 0.2) is 0 Å².